The average Bonchev–Trinajstić information content (AvgIpc) is 2.82. The molecule has 1 saturated heterocycles. The molecular formula is C24H34N4O4. The van der Waals surface area contributed by atoms with Crippen molar-refractivity contribution in [3.63, 3.8) is 0 Å². The normalized spacial score (nSPS) is 15.2. The maximum Gasteiger partial charge on any atom is 0.316 e. The molecule has 0 saturated carbocycles. The molecule has 174 valence electrons. The quantitative estimate of drug-likeness (QED) is 0.521. The number of ether oxygens (including phenoxy) is 2. The third-order valence-electron chi connectivity index (χ3n) is 5.90. The van der Waals surface area contributed by atoms with Crippen LogP contribution in [0.2, 0.25) is 0 Å². The van der Waals surface area contributed by atoms with E-state index < -0.39 is 5.97 Å². The van der Waals surface area contributed by atoms with E-state index in [4.69, 9.17) is 9.47 Å². The Morgan fingerprint density at radius 3 is 2.59 bits per heavy atom. The van der Waals surface area contributed by atoms with Gasteiger partial charge < -0.3 is 24.8 Å². The summed E-state index contributed by atoms with van der Waals surface area (Å²) in [5.41, 5.74) is 3.79. The van der Waals surface area contributed by atoms with E-state index in [1.54, 1.807) is 12.4 Å². The minimum Gasteiger partial charge on any atom is -0.481 e. The lowest BCUT2D eigenvalue weighted by Crippen LogP contribution is -2.40. The number of carbonyl (C=O) groups is 1. The van der Waals surface area contributed by atoms with Crippen LogP contribution in [0.25, 0.3) is 0 Å². The van der Waals surface area contributed by atoms with Gasteiger partial charge in [-0.25, -0.2) is 9.97 Å². The van der Waals surface area contributed by atoms with Gasteiger partial charge in [-0.05, 0) is 49.3 Å². The van der Waals surface area contributed by atoms with Crippen LogP contribution in [0.1, 0.15) is 57.4 Å². The van der Waals surface area contributed by atoms with Crippen molar-refractivity contribution in [2.24, 2.45) is 0 Å². The lowest BCUT2D eigenvalue weighted by atomic mass is 9.92. The fraction of sp³-hybridized carbons (Fsp3) is 0.542. The van der Waals surface area contributed by atoms with Gasteiger partial charge in [0.1, 0.15) is 0 Å². The predicted octanol–water partition coefficient (Wildman–Crippen LogP) is 4.59. The number of carboxylic acid groups (broad SMARTS) is 1. The van der Waals surface area contributed by atoms with Crippen molar-refractivity contribution in [1.82, 2.24) is 9.97 Å². The molecule has 1 aliphatic heterocycles. The van der Waals surface area contributed by atoms with Crippen LogP contribution in [0.5, 0.6) is 6.01 Å². The summed E-state index contributed by atoms with van der Waals surface area (Å²) in [6.07, 6.45) is 7.26. The number of methoxy groups -OCH3 is 1. The Balaban J connectivity index is 1.99. The molecule has 3 rings (SSSR count). The number of rotatable bonds is 11. The van der Waals surface area contributed by atoms with Crippen LogP contribution >= 0.6 is 0 Å². The van der Waals surface area contributed by atoms with Crippen LogP contribution in [0.3, 0.4) is 0 Å². The lowest BCUT2D eigenvalue weighted by Gasteiger charge is -2.37. The molecule has 2 heterocycles. The van der Waals surface area contributed by atoms with E-state index in [1.807, 2.05) is 6.92 Å². The van der Waals surface area contributed by atoms with Crippen LogP contribution in [-0.4, -0.2) is 54.0 Å². The molecule has 1 fully saturated rings. The average molecular weight is 443 g/mol. The first kappa shape index (κ1) is 23.8. The number of aliphatic carboxylic acids is 1. The van der Waals surface area contributed by atoms with Gasteiger partial charge in [-0.1, -0.05) is 19.9 Å². The Hall–Kier alpha value is -2.87. The SMILES string of the molecule is CCCN(c1ccc([C@H](CC)CC(=O)O)cc1Nc1cnc(OC)nc1)C1CCOCC1. The van der Waals surface area contributed by atoms with Crippen LogP contribution in [0, 0.1) is 0 Å². The van der Waals surface area contributed by atoms with E-state index >= 15 is 0 Å². The summed E-state index contributed by atoms with van der Waals surface area (Å²) < 4.78 is 10.7. The van der Waals surface area contributed by atoms with Gasteiger partial charge in [-0.2, -0.15) is 0 Å². The zero-order valence-corrected chi connectivity index (χ0v) is 19.2. The van der Waals surface area contributed by atoms with E-state index in [1.165, 1.54) is 7.11 Å². The first-order valence-corrected chi connectivity index (χ1v) is 11.4. The minimum atomic E-state index is -0.784. The Morgan fingerprint density at radius 2 is 2.00 bits per heavy atom. The second-order valence-corrected chi connectivity index (χ2v) is 8.10. The molecule has 1 atom stereocenters. The number of carboxylic acids is 1. The van der Waals surface area contributed by atoms with Crippen molar-refractivity contribution in [2.75, 3.05) is 37.1 Å². The number of anilines is 3. The second kappa shape index (κ2) is 11.7. The molecular weight excluding hydrogens is 408 g/mol. The van der Waals surface area contributed by atoms with Crippen LogP contribution in [0.15, 0.2) is 30.6 Å². The fourth-order valence-corrected chi connectivity index (χ4v) is 4.25. The van der Waals surface area contributed by atoms with Crippen molar-refractivity contribution in [3.05, 3.63) is 36.2 Å². The van der Waals surface area contributed by atoms with Crippen molar-refractivity contribution in [2.45, 2.75) is 57.9 Å². The minimum absolute atomic E-state index is 0.0445. The number of benzene rings is 1. The molecule has 32 heavy (non-hydrogen) atoms. The van der Waals surface area contributed by atoms with Gasteiger partial charge >= 0.3 is 12.0 Å². The molecule has 0 amide bonds. The van der Waals surface area contributed by atoms with Gasteiger partial charge in [0.2, 0.25) is 0 Å². The summed E-state index contributed by atoms with van der Waals surface area (Å²) >= 11 is 0. The molecule has 8 heteroatoms. The third kappa shape index (κ3) is 6.09. The van der Waals surface area contributed by atoms with E-state index in [0.717, 1.165) is 68.1 Å². The molecule has 1 aromatic carbocycles. The van der Waals surface area contributed by atoms with Crippen molar-refractivity contribution >= 4 is 23.0 Å². The molecule has 0 spiro atoms. The smallest absolute Gasteiger partial charge is 0.316 e. The lowest BCUT2D eigenvalue weighted by molar-refractivity contribution is -0.137. The maximum absolute atomic E-state index is 11.4. The molecule has 0 aliphatic carbocycles. The number of hydrogen-bond acceptors (Lipinski definition) is 7. The Bertz CT molecular complexity index is 869. The summed E-state index contributed by atoms with van der Waals surface area (Å²) in [6, 6.07) is 7.00. The van der Waals surface area contributed by atoms with Gasteiger partial charge in [0, 0.05) is 25.8 Å². The summed E-state index contributed by atoms with van der Waals surface area (Å²) in [6.45, 7) is 6.69. The highest BCUT2D eigenvalue weighted by Crippen LogP contribution is 2.36. The highest BCUT2D eigenvalue weighted by Gasteiger charge is 2.24. The highest BCUT2D eigenvalue weighted by molar-refractivity contribution is 5.77. The summed E-state index contributed by atoms with van der Waals surface area (Å²) in [4.78, 5) is 22.2. The molecule has 0 radical (unpaired) electrons. The number of nitrogens with zero attached hydrogens (tertiary/aromatic N) is 3. The van der Waals surface area contributed by atoms with Crippen molar-refractivity contribution in [3.8, 4) is 6.01 Å². The first-order valence-electron chi connectivity index (χ1n) is 11.4. The standard InChI is InChI=1S/C24H34N4O4/c1-4-10-28(20-8-11-32-12-9-20)22-7-6-18(17(5-2)14-23(29)30)13-21(22)27-19-15-25-24(31-3)26-16-19/h6-7,13,15-17,20,27H,4-5,8-12,14H2,1-3H3,(H,29,30)/t17-/m1/s1. The van der Waals surface area contributed by atoms with Crippen LogP contribution in [0.4, 0.5) is 17.1 Å². The predicted molar refractivity (Wildman–Crippen MR) is 125 cm³/mol. The second-order valence-electron chi connectivity index (χ2n) is 8.10. The Labute approximate surface area is 190 Å². The van der Waals surface area contributed by atoms with Gasteiger partial charge in [0.05, 0.1) is 43.0 Å². The third-order valence-corrected chi connectivity index (χ3v) is 5.90. The van der Waals surface area contributed by atoms with Gasteiger partial charge in [0.15, 0.2) is 0 Å². The van der Waals surface area contributed by atoms with Crippen LogP contribution < -0.4 is 15.0 Å². The van der Waals surface area contributed by atoms with E-state index in [2.05, 4.69) is 45.3 Å². The van der Waals surface area contributed by atoms with Crippen molar-refractivity contribution in [1.29, 1.82) is 0 Å². The van der Waals surface area contributed by atoms with E-state index in [9.17, 15) is 9.90 Å². The number of aromatic nitrogens is 2. The van der Waals surface area contributed by atoms with Gasteiger partial charge in [-0.3, -0.25) is 4.79 Å². The van der Waals surface area contributed by atoms with Crippen LogP contribution in [-0.2, 0) is 9.53 Å². The fourth-order valence-electron chi connectivity index (χ4n) is 4.25. The molecule has 2 aromatic rings. The Kier molecular flexibility index (Phi) is 8.67. The highest BCUT2D eigenvalue weighted by atomic mass is 16.5. The zero-order valence-electron chi connectivity index (χ0n) is 19.2. The van der Waals surface area contributed by atoms with E-state index in [0.29, 0.717) is 12.1 Å². The molecule has 8 nitrogen and oxygen atoms in total. The van der Waals surface area contributed by atoms with Gasteiger partial charge in [-0.15, -0.1) is 0 Å². The first-order chi connectivity index (χ1) is 15.5. The summed E-state index contributed by atoms with van der Waals surface area (Å²) in [5, 5.41) is 12.8. The van der Waals surface area contributed by atoms with Crippen molar-refractivity contribution < 1.29 is 19.4 Å². The monoisotopic (exact) mass is 442 g/mol. The largest absolute Gasteiger partial charge is 0.481 e. The van der Waals surface area contributed by atoms with Gasteiger partial charge in [0.25, 0.3) is 0 Å². The number of nitrogens with one attached hydrogen (secondary N) is 1. The maximum atomic E-state index is 11.4. The molecule has 0 unspecified atom stereocenters. The molecule has 1 aromatic heterocycles. The number of hydrogen-bond donors (Lipinski definition) is 2. The summed E-state index contributed by atoms with van der Waals surface area (Å²) in [5.74, 6) is -0.828. The molecule has 1 aliphatic rings. The Morgan fingerprint density at radius 1 is 1.28 bits per heavy atom. The molecule has 2 N–H and O–H groups in total. The van der Waals surface area contributed by atoms with E-state index in [-0.39, 0.29) is 12.3 Å². The molecule has 0 bridgehead atoms. The zero-order chi connectivity index (χ0) is 22.9. The summed E-state index contributed by atoms with van der Waals surface area (Å²) in [7, 11) is 1.54. The topological polar surface area (TPSA) is 96.8 Å².